The van der Waals surface area contributed by atoms with Crippen LogP contribution in [0.2, 0.25) is 5.02 Å². The Kier molecular flexibility index (Phi) is 5.80. The van der Waals surface area contributed by atoms with Crippen LogP contribution in [0.4, 0.5) is 0 Å². The van der Waals surface area contributed by atoms with Gasteiger partial charge in [0.1, 0.15) is 11.8 Å². The Morgan fingerprint density at radius 1 is 1.11 bits per heavy atom. The number of carbonyl (C=O) groups is 1. The number of halogens is 1. The molecule has 2 aromatic rings. The second kappa shape index (κ2) is 8.09. The first-order valence-corrected chi connectivity index (χ1v) is 10.2. The molecule has 140 valence electrons. The molecule has 1 aliphatic heterocycles. The van der Waals surface area contributed by atoms with Gasteiger partial charge in [-0.05, 0) is 49.2 Å². The third-order valence-electron chi connectivity index (χ3n) is 4.44. The Labute approximate surface area is 163 Å². The SMILES string of the molecule is N#Cc1ccccc1S(=O)(=O)N1CCC(C(=O)Oc2ccc(Cl)cc2)CC1. The van der Waals surface area contributed by atoms with E-state index in [0.717, 1.165) is 0 Å². The normalized spacial score (nSPS) is 15.9. The van der Waals surface area contributed by atoms with Gasteiger partial charge in [0.25, 0.3) is 0 Å². The molecule has 0 saturated carbocycles. The zero-order chi connectivity index (χ0) is 19.4. The number of nitriles is 1. The summed E-state index contributed by atoms with van der Waals surface area (Å²) in [5, 5.41) is 9.70. The van der Waals surface area contributed by atoms with Crippen LogP contribution in [-0.4, -0.2) is 31.8 Å². The van der Waals surface area contributed by atoms with E-state index in [1.807, 2.05) is 6.07 Å². The van der Waals surface area contributed by atoms with E-state index in [2.05, 4.69) is 0 Å². The van der Waals surface area contributed by atoms with Gasteiger partial charge in [0.05, 0.1) is 16.4 Å². The number of sulfonamides is 1. The van der Waals surface area contributed by atoms with Crippen LogP contribution in [0.1, 0.15) is 18.4 Å². The number of hydrogen-bond donors (Lipinski definition) is 0. The van der Waals surface area contributed by atoms with Gasteiger partial charge in [-0.2, -0.15) is 9.57 Å². The Balaban J connectivity index is 1.65. The van der Waals surface area contributed by atoms with Crippen LogP contribution < -0.4 is 4.74 Å². The molecule has 0 amide bonds. The number of hydrogen-bond acceptors (Lipinski definition) is 5. The Morgan fingerprint density at radius 2 is 1.74 bits per heavy atom. The summed E-state index contributed by atoms with van der Waals surface area (Å²) in [7, 11) is -3.77. The van der Waals surface area contributed by atoms with Crippen molar-refractivity contribution in [1.29, 1.82) is 5.26 Å². The fraction of sp³-hybridized carbons (Fsp3) is 0.263. The van der Waals surface area contributed by atoms with Gasteiger partial charge in [0, 0.05) is 18.1 Å². The van der Waals surface area contributed by atoms with Crippen molar-refractivity contribution in [1.82, 2.24) is 4.31 Å². The van der Waals surface area contributed by atoms with Crippen LogP contribution in [0.15, 0.2) is 53.4 Å². The summed E-state index contributed by atoms with van der Waals surface area (Å²) in [5.41, 5.74) is 0.113. The van der Waals surface area contributed by atoms with Gasteiger partial charge in [-0.15, -0.1) is 0 Å². The number of carbonyl (C=O) groups excluding carboxylic acids is 1. The van der Waals surface area contributed by atoms with Crippen molar-refractivity contribution in [2.75, 3.05) is 13.1 Å². The van der Waals surface area contributed by atoms with Crippen molar-refractivity contribution in [2.45, 2.75) is 17.7 Å². The van der Waals surface area contributed by atoms with E-state index >= 15 is 0 Å². The molecule has 0 spiro atoms. The molecule has 6 nitrogen and oxygen atoms in total. The maximum absolute atomic E-state index is 12.8. The zero-order valence-electron chi connectivity index (χ0n) is 14.3. The molecule has 0 N–H and O–H groups in total. The molecule has 27 heavy (non-hydrogen) atoms. The third-order valence-corrected chi connectivity index (χ3v) is 6.65. The molecular formula is C19H17ClN2O4S. The molecule has 8 heteroatoms. The molecule has 0 bridgehead atoms. The molecular weight excluding hydrogens is 388 g/mol. The highest BCUT2D eigenvalue weighted by atomic mass is 35.5. The smallest absolute Gasteiger partial charge is 0.314 e. The first-order valence-electron chi connectivity index (χ1n) is 8.38. The number of nitrogens with zero attached hydrogens (tertiary/aromatic N) is 2. The first kappa shape index (κ1) is 19.4. The van der Waals surface area contributed by atoms with E-state index in [-0.39, 0.29) is 35.4 Å². The average Bonchev–Trinajstić information content (AvgIpc) is 2.69. The molecule has 0 aliphatic carbocycles. The maximum atomic E-state index is 12.8. The van der Waals surface area contributed by atoms with E-state index < -0.39 is 10.0 Å². The summed E-state index contributed by atoms with van der Waals surface area (Å²) in [4.78, 5) is 12.3. The topological polar surface area (TPSA) is 87.5 Å². The quantitative estimate of drug-likeness (QED) is 0.576. The molecule has 1 fully saturated rings. The Morgan fingerprint density at radius 3 is 2.37 bits per heavy atom. The molecule has 0 atom stereocenters. The summed E-state index contributed by atoms with van der Waals surface area (Å²) in [5.74, 6) is -0.354. The molecule has 2 aromatic carbocycles. The van der Waals surface area contributed by atoms with Crippen molar-refractivity contribution in [2.24, 2.45) is 5.92 Å². The minimum Gasteiger partial charge on any atom is -0.426 e. The fourth-order valence-corrected chi connectivity index (χ4v) is 4.69. The first-order chi connectivity index (χ1) is 12.9. The van der Waals surface area contributed by atoms with Gasteiger partial charge < -0.3 is 4.74 Å². The molecule has 0 unspecified atom stereocenters. The highest BCUT2D eigenvalue weighted by Crippen LogP contribution is 2.27. The van der Waals surface area contributed by atoms with Gasteiger partial charge in [-0.3, -0.25) is 4.79 Å². The number of benzene rings is 2. The minimum absolute atomic E-state index is 0.00492. The number of esters is 1. The summed E-state index contributed by atoms with van der Waals surface area (Å²) in [6.45, 7) is 0.394. The summed E-state index contributed by atoms with van der Waals surface area (Å²) in [6.07, 6.45) is 0.723. The number of ether oxygens (including phenoxy) is 1. The van der Waals surface area contributed by atoms with Crippen molar-refractivity contribution >= 4 is 27.6 Å². The lowest BCUT2D eigenvalue weighted by atomic mass is 9.98. The highest BCUT2D eigenvalue weighted by molar-refractivity contribution is 7.89. The Hall–Kier alpha value is -2.40. The largest absolute Gasteiger partial charge is 0.426 e. The van der Waals surface area contributed by atoms with Gasteiger partial charge >= 0.3 is 5.97 Å². The molecule has 1 saturated heterocycles. The second-order valence-corrected chi connectivity index (χ2v) is 8.50. The van der Waals surface area contributed by atoms with Crippen molar-refractivity contribution in [3.63, 3.8) is 0 Å². The van der Waals surface area contributed by atoms with Crippen LogP contribution in [0, 0.1) is 17.2 Å². The van der Waals surface area contributed by atoms with Gasteiger partial charge in [-0.1, -0.05) is 23.7 Å². The predicted octanol–water partition coefficient (Wildman–Crippen LogP) is 3.22. The molecule has 1 aliphatic rings. The third kappa shape index (κ3) is 4.30. The van der Waals surface area contributed by atoms with Crippen LogP contribution in [-0.2, 0) is 14.8 Å². The minimum atomic E-state index is -3.77. The summed E-state index contributed by atoms with van der Waals surface area (Å²) >= 11 is 5.80. The van der Waals surface area contributed by atoms with Gasteiger partial charge in [-0.25, -0.2) is 8.42 Å². The molecule has 0 radical (unpaired) electrons. The van der Waals surface area contributed by atoms with E-state index in [0.29, 0.717) is 23.6 Å². The second-order valence-electron chi connectivity index (χ2n) is 6.16. The van der Waals surface area contributed by atoms with Crippen LogP contribution in [0.5, 0.6) is 5.75 Å². The molecule has 3 rings (SSSR count). The lowest BCUT2D eigenvalue weighted by molar-refractivity contribution is -0.140. The van der Waals surface area contributed by atoms with Gasteiger partial charge in [0.2, 0.25) is 10.0 Å². The van der Waals surface area contributed by atoms with Crippen molar-refractivity contribution < 1.29 is 17.9 Å². The summed E-state index contributed by atoms with van der Waals surface area (Å²) in [6, 6.07) is 14.5. The van der Waals surface area contributed by atoms with Crippen molar-refractivity contribution in [3.8, 4) is 11.8 Å². The lowest BCUT2D eigenvalue weighted by Crippen LogP contribution is -2.41. The fourth-order valence-electron chi connectivity index (χ4n) is 2.96. The Bertz CT molecular complexity index is 976. The van der Waals surface area contributed by atoms with E-state index in [1.165, 1.54) is 16.4 Å². The summed E-state index contributed by atoms with van der Waals surface area (Å²) < 4.78 is 32.3. The van der Waals surface area contributed by atoms with E-state index in [4.69, 9.17) is 21.6 Å². The standard InChI is InChI=1S/C19H17ClN2O4S/c20-16-5-7-17(8-6-16)26-19(23)14-9-11-22(12-10-14)27(24,25)18-4-2-1-3-15(18)13-21/h1-8,14H,9-12H2. The van der Waals surface area contributed by atoms with Crippen LogP contribution in [0.3, 0.4) is 0 Å². The number of rotatable bonds is 4. The molecule has 1 heterocycles. The average molecular weight is 405 g/mol. The highest BCUT2D eigenvalue weighted by Gasteiger charge is 2.34. The molecule has 0 aromatic heterocycles. The number of piperidine rings is 1. The maximum Gasteiger partial charge on any atom is 0.314 e. The van der Waals surface area contributed by atoms with E-state index in [1.54, 1.807) is 36.4 Å². The zero-order valence-corrected chi connectivity index (χ0v) is 15.9. The van der Waals surface area contributed by atoms with Crippen molar-refractivity contribution in [3.05, 3.63) is 59.1 Å². The van der Waals surface area contributed by atoms with Crippen LogP contribution in [0.25, 0.3) is 0 Å². The van der Waals surface area contributed by atoms with E-state index in [9.17, 15) is 13.2 Å². The predicted molar refractivity (Wildman–Crippen MR) is 99.7 cm³/mol. The van der Waals surface area contributed by atoms with Gasteiger partial charge in [0.15, 0.2) is 0 Å². The van der Waals surface area contributed by atoms with Crippen LogP contribution >= 0.6 is 11.6 Å². The monoisotopic (exact) mass is 404 g/mol. The lowest BCUT2D eigenvalue weighted by Gasteiger charge is -2.30.